The van der Waals surface area contributed by atoms with Gasteiger partial charge in [-0.25, -0.2) is 4.98 Å². The first kappa shape index (κ1) is 14.5. The molecule has 1 aromatic heterocycles. The van der Waals surface area contributed by atoms with Crippen molar-refractivity contribution in [2.45, 2.75) is 89.6 Å². The molecule has 2 fully saturated rings. The Morgan fingerprint density at radius 1 is 1.10 bits per heavy atom. The Hall–Kier alpha value is -0.410. The average Bonchev–Trinajstić information content (AvgIpc) is 3.21. The van der Waals surface area contributed by atoms with Gasteiger partial charge in [0.25, 0.3) is 0 Å². The summed E-state index contributed by atoms with van der Waals surface area (Å²) in [5, 5.41) is 5.10. The largest absolute Gasteiger partial charge is 0.309 e. The normalized spacial score (nSPS) is 21.4. The van der Waals surface area contributed by atoms with Gasteiger partial charge in [-0.05, 0) is 31.6 Å². The van der Waals surface area contributed by atoms with E-state index in [0.717, 1.165) is 18.5 Å². The van der Waals surface area contributed by atoms with E-state index in [1.165, 1.54) is 66.9 Å². The molecule has 3 heteroatoms. The molecular weight excluding hydrogens is 264 g/mol. The van der Waals surface area contributed by atoms with Crippen LogP contribution in [0.4, 0.5) is 0 Å². The number of rotatable bonds is 5. The quantitative estimate of drug-likeness (QED) is 0.776. The maximum atomic E-state index is 5.05. The van der Waals surface area contributed by atoms with Gasteiger partial charge in [0, 0.05) is 23.4 Å². The van der Waals surface area contributed by atoms with Gasteiger partial charge in [0.1, 0.15) is 0 Å². The zero-order chi connectivity index (χ0) is 13.9. The van der Waals surface area contributed by atoms with Gasteiger partial charge in [0.15, 0.2) is 0 Å². The molecule has 0 radical (unpaired) electrons. The molecule has 0 saturated heterocycles. The standard InChI is InChI=1S/C17H28N2S/c1-12(2)16-15(11-18-14-9-10-14)20-17(19-16)13-7-5-3-4-6-8-13/h12-14,18H,3-11H2,1-2H3. The van der Waals surface area contributed by atoms with E-state index in [9.17, 15) is 0 Å². The first-order valence-electron chi connectivity index (χ1n) is 8.47. The van der Waals surface area contributed by atoms with Crippen molar-refractivity contribution in [2.75, 3.05) is 0 Å². The van der Waals surface area contributed by atoms with Gasteiger partial charge in [-0.2, -0.15) is 0 Å². The van der Waals surface area contributed by atoms with Gasteiger partial charge in [-0.3, -0.25) is 0 Å². The Morgan fingerprint density at radius 3 is 2.40 bits per heavy atom. The topological polar surface area (TPSA) is 24.9 Å². The highest BCUT2D eigenvalue weighted by molar-refractivity contribution is 7.11. The lowest BCUT2D eigenvalue weighted by Gasteiger charge is -2.09. The first-order valence-corrected chi connectivity index (χ1v) is 9.28. The zero-order valence-corrected chi connectivity index (χ0v) is 13.8. The maximum absolute atomic E-state index is 5.05. The summed E-state index contributed by atoms with van der Waals surface area (Å²) in [4.78, 5) is 6.56. The summed E-state index contributed by atoms with van der Waals surface area (Å²) in [7, 11) is 0. The highest BCUT2D eigenvalue weighted by Crippen LogP contribution is 2.37. The fourth-order valence-corrected chi connectivity index (χ4v) is 4.53. The first-order chi connectivity index (χ1) is 9.74. The predicted molar refractivity (Wildman–Crippen MR) is 86.5 cm³/mol. The highest BCUT2D eigenvalue weighted by Gasteiger charge is 2.24. The van der Waals surface area contributed by atoms with Crippen molar-refractivity contribution < 1.29 is 0 Å². The molecule has 2 nitrogen and oxygen atoms in total. The molecule has 3 rings (SSSR count). The molecule has 0 bridgehead atoms. The molecule has 0 aliphatic heterocycles. The van der Waals surface area contributed by atoms with E-state index in [4.69, 9.17) is 4.98 Å². The van der Waals surface area contributed by atoms with Crippen LogP contribution in [0.1, 0.15) is 92.6 Å². The average molecular weight is 292 g/mol. The molecule has 2 aliphatic rings. The summed E-state index contributed by atoms with van der Waals surface area (Å²) in [5.41, 5.74) is 1.36. The highest BCUT2D eigenvalue weighted by atomic mass is 32.1. The van der Waals surface area contributed by atoms with Gasteiger partial charge in [-0.15, -0.1) is 11.3 Å². The molecule has 0 spiro atoms. The van der Waals surface area contributed by atoms with Crippen molar-refractivity contribution in [1.29, 1.82) is 0 Å². The Balaban J connectivity index is 1.73. The lowest BCUT2D eigenvalue weighted by atomic mass is 10.0. The Labute approximate surface area is 127 Å². The van der Waals surface area contributed by atoms with Crippen molar-refractivity contribution in [2.24, 2.45) is 0 Å². The van der Waals surface area contributed by atoms with E-state index in [1.54, 1.807) is 0 Å². The molecule has 112 valence electrons. The van der Waals surface area contributed by atoms with Crippen LogP contribution in [0.2, 0.25) is 0 Å². The summed E-state index contributed by atoms with van der Waals surface area (Å²) < 4.78 is 0. The minimum Gasteiger partial charge on any atom is -0.309 e. The molecule has 2 saturated carbocycles. The van der Waals surface area contributed by atoms with Crippen molar-refractivity contribution >= 4 is 11.3 Å². The fraction of sp³-hybridized carbons (Fsp3) is 0.824. The van der Waals surface area contributed by atoms with Gasteiger partial charge < -0.3 is 5.32 Å². The molecule has 0 aromatic carbocycles. The van der Waals surface area contributed by atoms with Crippen LogP contribution in [0, 0.1) is 0 Å². The molecule has 20 heavy (non-hydrogen) atoms. The van der Waals surface area contributed by atoms with Crippen LogP contribution >= 0.6 is 11.3 Å². The Kier molecular flexibility index (Phi) is 4.77. The molecule has 2 aliphatic carbocycles. The number of hydrogen-bond donors (Lipinski definition) is 1. The van der Waals surface area contributed by atoms with Crippen LogP contribution in [-0.2, 0) is 6.54 Å². The number of thiazole rings is 1. The SMILES string of the molecule is CC(C)c1nc(C2CCCCCC2)sc1CNC1CC1. The summed E-state index contributed by atoms with van der Waals surface area (Å²) >= 11 is 2.00. The van der Waals surface area contributed by atoms with Crippen molar-refractivity contribution in [3.63, 3.8) is 0 Å². The lowest BCUT2D eigenvalue weighted by molar-refractivity contribution is 0.586. The third kappa shape index (κ3) is 3.62. The van der Waals surface area contributed by atoms with Crippen molar-refractivity contribution in [3.8, 4) is 0 Å². The fourth-order valence-electron chi connectivity index (χ4n) is 3.19. The van der Waals surface area contributed by atoms with Gasteiger partial charge in [0.2, 0.25) is 0 Å². The molecular formula is C17H28N2S. The second-order valence-electron chi connectivity index (χ2n) is 6.86. The second-order valence-corrected chi connectivity index (χ2v) is 7.97. The monoisotopic (exact) mass is 292 g/mol. The molecule has 0 unspecified atom stereocenters. The summed E-state index contributed by atoms with van der Waals surface area (Å²) in [6, 6.07) is 0.790. The smallest absolute Gasteiger partial charge is 0.0962 e. The number of nitrogens with zero attached hydrogens (tertiary/aromatic N) is 1. The number of aromatic nitrogens is 1. The van der Waals surface area contributed by atoms with Crippen LogP contribution < -0.4 is 5.32 Å². The second kappa shape index (κ2) is 6.57. The summed E-state index contributed by atoms with van der Waals surface area (Å²) in [6.07, 6.45) is 11.1. The summed E-state index contributed by atoms with van der Waals surface area (Å²) in [6.45, 7) is 5.61. The predicted octanol–water partition coefficient (Wildman–Crippen LogP) is 4.96. The van der Waals surface area contributed by atoms with E-state index in [-0.39, 0.29) is 0 Å². The molecule has 0 atom stereocenters. The van der Waals surface area contributed by atoms with Gasteiger partial charge in [-0.1, -0.05) is 39.5 Å². The molecule has 0 amide bonds. The van der Waals surface area contributed by atoms with Gasteiger partial charge >= 0.3 is 0 Å². The lowest BCUT2D eigenvalue weighted by Crippen LogP contribution is -2.15. The Morgan fingerprint density at radius 2 is 1.80 bits per heavy atom. The van der Waals surface area contributed by atoms with Crippen LogP contribution in [0.15, 0.2) is 0 Å². The van der Waals surface area contributed by atoms with E-state index < -0.39 is 0 Å². The maximum Gasteiger partial charge on any atom is 0.0962 e. The van der Waals surface area contributed by atoms with Crippen LogP contribution in [0.5, 0.6) is 0 Å². The molecule has 1 aromatic rings. The molecule has 1 heterocycles. The van der Waals surface area contributed by atoms with Crippen LogP contribution in [-0.4, -0.2) is 11.0 Å². The third-order valence-electron chi connectivity index (χ3n) is 4.62. The van der Waals surface area contributed by atoms with Crippen molar-refractivity contribution in [3.05, 3.63) is 15.6 Å². The summed E-state index contributed by atoms with van der Waals surface area (Å²) in [5.74, 6) is 1.30. The minimum absolute atomic E-state index is 0.557. The minimum atomic E-state index is 0.557. The van der Waals surface area contributed by atoms with E-state index in [2.05, 4.69) is 19.2 Å². The van der Waals surface area contributed by atoms with Crippen LogP contribution in [0.25, 0.3) is 0 Å². The molecule has 1 N–H and O–H groups in total. The van der Waals surface area contributed by atoms with Crippen molar-refractivity contribution in [1.82, 2.24) is 10.3 Å². The zero-order valence-electron chi connectivity index (χ0n) is 13.0. The van der Waals surface area contributed by atoms with Gasteiger partial charge in [0.05, 0.1) is 10.7 Å². The Bertz CT molecular complexity index is 426. The number of nitrogens with one attached hydrogen (secondary N) is 1. The van der Waals surface area contributed by atoms with Crippen LogP contribution in [0.3, 0.4) is 0 Å². The number of hydrogen-bond acceptors (Lipinski definition) is 3. The van der Waals surface area contributed by atoms with E-state index >= 15 is 0 Å². The third-order valence-corrected chi connectivity index (χ3v) is 5.86. The van der Waals surface area contributed by atoms with E-state index in [0.29, 0.717) is 5.92 Å². The van der Waals surface area contributed by atoms with E-state index in [1.807, 2.05) is 11.3 Å².